The molecule has 1 atom stereocenters. The van der Waals surface area contributed by atoms with Crippen LogP contribution in [0.15, 0.2) is 18.2 Å². The Morgan fingerprint density at radius 1 is 1.37 bits per heavy atom. The van der Waals surface area contributed by atoms with Crippen molar-refractivity contribution >= 4 is 22.6 Å². The summed E-state index contributed by atoms with van der Waals surface area (Å²) in [4.78, 5) is 4.89. The number of fused-ring (bicyclic) bond motifs is 1. The lowest BCUT2D eigenvalue weighted by atomic mass is 9.88. The molecule has 2 aromatic rings. The maximum atomic E-state index is 6.15. The molecule has 1 aliphatic heterocycles. The normalized spacial score (nSPS) is 21.6. The lowest BCUT2D eigenvalue weighted by Gasteiger charge is -2.32. The first-order valence-corrected chi connectivity index (χ1v) is 7.50. The number of nitrogens with zero attached hydrogens (tertiary/aromatic N) is 2. The average Bonchev–Trinajstić information content (AvgIpc) is 3.08. The van der Waals surface area contributed by atoms with Crippen molar-refractivity contribution in [3.63, 3.8) is 0 Å². The zero-order valence-corrected chi connectivity index (χ0v) is 11.8. The number of halogens is 1. The van der Waals surface area contributed by atoms with Crippen LogP contribution in [-0.4, -0.2) is 22.6 Å². The van der Waals surface area contributed by atoms with Gasteiger partial charge in [0, 0.05) is 17.0 Å². The van der Waals surface area contributed by atoms with Gasteiger partial charge in [-0.05, 0) is 50.0 Å². The molecule has 100 valence electrons. The average molecular weight is 276 g/mol. The summed E-state index contributed by atoms with van der Waals surface area (Å²) in [6.45, 7) is 4.55. The second-order valence-electron chi connectivity index (χ2n) is 5.91. The molecule has 1 aliphatic carbocycles. The van der Waals surface area contributed by atoms with Gasteiger partial charge in [-0.15, -0.1) is 0 Å². The Hall–Kier alpha value is -1.06. The number of nitrogens with one attached hydrogen (secondary N) is 1. The highest BCUT2D eigenvalue weighted by Gasteiger charge is 2.33. The molecule has 0 spiro atoms. The van der Waals surface area contributed by atoms with E-state index in [0.29, 0.717) is 12.0 Å². The molecule has 2 fully saturated rings. The molecule has 0 bridgehead atoms. The molecule has 0 radical (unpaired) electrons. The van der Waals surface area contributed by atoms with Gasteiger partial charge in [0.05, 0.1) is 11.0 Å². The van der Waals surface area contributed by atoms with Crippen molar-refractivity contribution in [1.29, 1.82) is 0 Å². The highest BCUT2D eigenvalue weighted by atomic mass is 35.5. The summed E-state index contributed by atoms with van der Waals surface area (Å²) < 4.78 is 2.45. The summed E-state index contributed by atoms with van der Waals surface area (Å²) in [6.07, 6.45) is 2.56. The van der Waals surface area contributed by atoms with Gasteiger partial charge >= 0.3 is 0 Å². The van der Waals surface area contributed by atoms with Gasteiger partial charge < -0.3 is 9.88 Å². The minimum Gasteiger partial charge on any atom is -0.325 e. The second kappa shape index (κ2) is 4.22. The monoisotopic (exact) mass is 275 g/mol. The van der Waals surface area contributed by atoms with Crippen molar-refractivity contribution in [2.24, 2.45) is 5.92 Å². The van der Waals surface area contributed by atoms with Crippen molar-refractivity contribution in [1.82, 2.24) is 14.9 Å². The molecule has 2 aliphatic rings. The van der Waals surface area contributed by atoms with Crippen LogP contribution in [0.25, 0.3) is 11.0 Å². The van der Waals surface area contributed by atoms with Gasteiger partial charge in [0.1, 0.15) is 5.82 Å². The van der Waals surface area contributed by atoms with Gasteiger partial charge in [0.15, 0.2) is 0 Å². The fraction of sp³-hybridized carbons (Fsp3) is 0.533. The highest BCUT2D eigenvalue weighted by molar-refractivity contribution is 6.31. The number of rotatable bonds is 3. The van der Waals surface area contributed by atoms with Crippen molar-refractivity contribution in [3.05, 3.63) is 29.0 Å². The van der Waals surface area contributed by atoms with Crippen LogP contribution in [0.5, 0.6) is 0 Å². The van der Waals surface area contributed by atoms with Crippen LogP contribution in [-0.2, 0) is 0 Å². The largest absolute Gasteiger partial charge is 0.325 e. The highest BCUT2D eigenvalue weighted by Crippen LogP contribution is 2.42. The van der Waals surface area contributed by atoms with E-state index in [4.69, 9.17) is 16.6 Å². The molecule has 0 amide bonds. The second-order valence-corrected chi connectivity index (χ2v) is 6.35. The number of hydrogen-bond acceptors (Lipinski definition) is 2. The third kappa shape index (κ3) is 1.87. The molecule has 1 saturated carbocycles. The SMILES string of the molecule is CC(c1nc2ccc(Cl)cc2n1C1CC1)C1CNC1. The zero-order valence-electron chi connectivity index (χ0n) is 11.1. The van der Waals surface area contributed by atoms with E-state index in [1.165, 1.54) is 24.2 Å². The van der Waals surface area contributed by atoms with Crippen LogP contribution >= 0.6 is 11.6 Å². The van der Waals surface area contributed by atoms with Crippen molar-refractivity contribution in [2.75, 3.05) is 13.1 Å². The van der Waals surface area contributed by atoms with Crippen LogP contribution in [0.3, 0.4) is 0 Å². The summed E-state index contributed by atoms with van der Waals surface area (Å²) in [6, 6.07) is 6.70. The van der Waals surface area contributed by atoms with Gasteiger partial charge in [0.2, 0.25) is 0 Å². The van der Waals surface area contributed by atoms with Gasteiger partial charge in [-0.1, -0.05) is 18.5 Å². The maximum Gasteiger partial charge on any atom is 0.113 e. The standard InChI is InChI=1S/C15H18ClN3/c1-9(10-7-17-8-10)15-18-13-5-2-11(16)6-14(13)19(15)12-3-4-12/h2,5-6,9-10,12,17H,3-4,7-8H2,1H3. The summed E-state index contributed by atoms with van der Waals surface area (Å²) in [7, 11) is 0. The van der Waals surface area contributed by atoms with Crippen LogP contribution in [0.1, 0.15) is 37.5 Å². The van der Waals surface area contributed by atoms with E-state index in [1.54, 1.807) is 0 Å². The smallest absolute Gasteiger partial charge is 0.113 e. The van der Waals surface area contributed by atoms with Crippen molar-refractivity contribution < 1.29 is 0 Å². The zero-order chi connectivity index (χ0) is 13.0. The molecule has 1 saturated heterocycles. The summed E-state index contributed by atoms with van der Waals surface area (Å²) in [5, 5.41) is 4.17. The molecule has 1 aromatic carbocycles. The maximum absolute atomic E-state index is 6.15. The fourth-order valence-corrected chi connectivity index (χ4v) is 3.16. The minimum absolute atomic E-state index is 0.521. The molecule has 2 heterocycles. The Bertz CT molecular complexity index is 626. The predicted molar refractivity (Wildman–Crippen MR) is 77.8 cm³/mol. The molecular weight excluding hydrogens is 258 g/mol. The molecule has 1 unspecified atom stereocenters. The summed E-state index contributed by atoms with van der Waals surface area (Å²) in [5.74, 6) is 2.50. The van der Waals surface area contributed by atoms with E-state index in [-0.39, 0.29) is 0 Å². The van der Waals surface area contributed by atoms with Crippen LogP contribution in [0.4, 0.5) is 0 Å². The van der Waals surface area contributed by atoms with E-state index in [9.17, 15) is 0 Å². The minimum atomic E-state index is 0.521. The van der Waals surface area contributed by atoms with Crippen molar-refractivity contribution in [3.8, 4) is 0 Å². The molecule has 4 rings (SSSR count). The first-order valence-electron chi connectivity index (χ1n) is 7.12. The number of aromatic nitrogens is 2. The van der Waals surface area contributed by atoms with Crippen LogP contribution in [0.2, 0.25) is 5.02 Å². The third-order valence-corrected chi connectivity index (χ3v) is 4.75. The van der Waals surface area contributed by atoms with Crippen LogP contribution in [0, 0.1) is 5.92 Å². The van der Waals surface area contributed by atoms with Gasteiger partial charge in [0.25, 0.3) is 0 Å². The van der Waals surface area contributed by atoms with E-state index in [1.807, 2.05) is 12.1 Å². The Balaban J connectivity index is 1.86. The number of imidazole rings is 1. The predicted octanol–water partition coefficient (Wildman–Crippen LogP) is 3.35. The van der Waals surface area contributed by atoms with E-state index in [0.717, 1.165) is 29.5 Å². The van der Waals surface area contributed by atoms with Crippen LogP contribution < -0.4 is 5.32 Å². The summed E-state index contributed by atoms with van der Waals surface area (Å²) in [5.41, 5.74) is 2.30. The fourth-order valence-electron chi connectivity index (χ4n) is 3.00. The molecule has 19 heavy (non-hydrogen) atoms. The van der Waals surface area contributed by atoms with Crippen molar-refractivity contribution in [2.45, 2.75) is 31.7 Å². The Morgan fingerprint density at radius 3 is 2.79 bits per heavy atom. The number of benzene rings is 1. The van der Waals surface area contributed by atoms with Gasteiger partial charge in [-0.3, -0.25) is 0 Å². The van der Waals surface area contributed by atoms with E-state index >= 15 is 0 Å². The molecule has 3 nitrogen and oxygen atoms in total. The lowest BCUT2D eigenvalue weighted by Crippen LogP contribution is -2.45. The van der Waals surface area contributed by atoms with Gasteiger partial charge in [-0.25, -0.2) is 4.98 Å². The Morgan fingerprint density at radius 2 is 2.16 bits per heavy atom. The molecule has 1 aromatic heterocycles. The quantitative estimate of drug-likeness (QED) is 0.931. The Labute approximate surface area is 118 Å². The van der Waals surface area contributed by atoms with E-state index in [2.05, 4.69) is 22.9 Å². The first-order chi connectivity index (χ1) is 9.24. The first kappa shape index (κ1) is 11.7. The molecule has 1 N–H and O–H groups in total. The molecular formula is C15H18ClN3. The third-order valence-electron chi connectivity index (χ3n) is 4.52. The Kier molecular flexibility index (Phi) is 2.61. The number of hydrogen-bond donors (Lipinski definition) is 1. The summed E-state index contributed by atoms with van der Waals surface area (Å²) >= 11 is 6.15. The van der Waals surface area contributed by atoms with E-state index < -0.39 is 0 Å². The lowest BCUT2D eigenvalue weighted by molar-refractivity contribution is 0.291. The topological polar surface area (TPSA) is 29.9 Å². The molecule has 4 heteroatoms. The van der Waals surface area contributed by atoms with Gasteiger partial charge in [-0.2, -0.15) is 0 Å².